The van der Waals surface area contributed by atoms with E-state index in [9.17, 15) is 0 Å². The van der Waals surface area contributed by atoms with E-state index in [-0.39, 0.29) is 0 Å². The number of fused-ring (bicyclic) bond motifs is 1. The Morgan fingerprint density at radius 1 is 1.24 bits per heavy atom. The number of nitrogens with zero attached hydrogens (tertiary/aromatic N) is 6. The van der Waals surface area contributed by atoms with Gasteiger partial charge in [-0.25, -0.2) is 9.97 Å². The minimum absolute atomic E-state index is 0.585. The van der Waals surface area contributed by atoms with E-state index in [1.165, 1.54) is 5.52 Å². The highest BCUT2D eigenvalue weighted by Crippen LogP contribution is 2.15. The van der Waals surface area contributed by atoms with Gasteiger partial charge in [0.05, 0.1) is 17.6 Å². The maximum absolute atomic E-state index is 4.60. The summed E-state index contributed by atoms with van der Waals surface area (Å²) in [5.41, 5.74) is 2.24. The first-order chi connectivity index (χ1) is 12.2. The normalized spacial score (nSPS) is 11.9. The SMILES string of the molecule is CN=C(NCCCn1c(C)nc2ccccc21)NCc1ncnn1C. The number of aromatic nitrogens is 5. The first-order valence-electron chi connectivity index (χ1n) is 8.38. The van der Waals surface area contributed by atoms with Crippen molar-refractivity contribution in [1.82, 2.24) is 34.9 Å². The number of rotatable bonds is 6. The Balaban J connectivity index is 1.48. The van der Waals surface area contributed by atoms with Crippen molar-refractivity contribution in [2.45, 2.75) is 26.4 Å². The van der Waals surface area contributed by atoms with Crippen molar-refractivity contribution < 1.29 is 0 Å². The summed E-state index contributed by atoms with van der Waals surface area (Å²) in [6.07, 6.45) is 2.52. The zero-order valence-electron chi connectivity index (χ0n) is 14.9. The van der Waals surface area contributed by atoms with Gasteiger partial charge in [0.1, 0.15) is 18.0 Å². The van der Waals surface area contributed by atoms with Crippen LogP contribution in [0, 0.1) is 6.92 Å². The molecule has 0 aliphatic carbocycles. The second-order valence-corrected chi connectivity index (χ2v) is 5.81. The maximum Gasteiger partial charge on any atom is 0.191 e. The van der Waals surface area contributed by atoms with Crippen molar-refractivity contribution in [2.75, 3.05) is 13.6 Å². The molecule has 0 aliphatic rings. The van der Waals surface area contributed by atoms with Crippen LogP contribution in [0.2, 0.25) is 0 Å². The summed E-state index contributed by atoms with van der Waals surface area (Å²) < 4.78 is 4.00. The van der Waals surface area contributed by atoms with Gasteiger partial charge in [-0.1, -0.05) is 12.1 Å². The molecule has 0 fully saturated rings. The number of hydrogen-bond acceptors (Lipinski definition) is 4. The Labute approximate surface area is 147 Å². The Morgan fingerprint density at radius 2 is 2.08 bits per heavy atom. The van der Waals surface area contributed by atoms with Crippen molar-refractivity contribution >= 4 is 17.0 Å². The van der Waals surface area contributed by atoms with Gasteiger partial charge in [0.25, 0.3) is 0 Å². The third-order valence-electron chi connectivity index (χ3n) is 4.14. The maximum atomic E-state index is 4.60. The summed E-state index contributed by atoms with van der Waals surface area (Å²) in [5, 5.41) is 10.6. The Morgan fingerprint density at radius 3 is 2.84 bits per heavy atom. The van der Waals surface area contributed by atoms with Gasteiger partial charge < -0.3 is 15.2 Å². The highest BCUT2D eigenvalue weighted by molar-refractivity contribution is 5.79. The average molecular weight is 340 g/mol. The lowest BCUT2D eigenvalue weighted by atomic mass is 10.3. The van der Waals surface area contributed by atoms with Gasteiger partial charge in [-0.3, -0.25) is 9.67 Å². The fourth-order valence-electron chi connectivity index (χ4n) is 2.79. The molecule has 3 rings (SSSR count). The van der Waals surface area contributed by atoms with Crippen molar-refractivity contribution in [1.29, 1.82) is 0 Å². The molecule has 2 N–H and O–H groups in total. The van der Waals surface area contributed by atoms with Crippen molar-refractivity contribution in [2.24, 2.45) is 12.0 Å². The van der Waals surface area contributed by atoms with E-state index in [0.717, 1.165) is 42.6 Å². The number of hydrogen-bond donors (Lipinski definition) is 2. The molecule has 0 radical (unpaired) electrons. The second kappa shape index (κ2) is 7.78. The van der Waals surface area contributed by atoms with E-state index in [1.807, 2.05) is 13.1 Å². The van der Waals surface area contributed by atoms with E-state index >= 15 is 0 Å². The summed E-state index contributed by atoms with van der Waals surface area (Å²) in [4.78, 5) is 13.0. The van der Waals surface area contributed by atoms with Crippen molar-refractivity contribution in [3.63, 3.8) is 0 Å². The van der Waals surface area contributed by atoms with Crippen molar-refractivity contribution in [3.05, 3.63) is 42.2 Å². The summed E-state index contributed by atoms with van der Waals surface area (Å²) in [6, 6.07) is 8.24. The van der Waals surface area contributed by atoms with Gasteiger partial charge in [-0.15, -0.1) is 0 Å². The molecule has 0 unspecified atom stereocenters. The molecule has 0 saturated heterocycles. The first-order valence-corrected chi connectivity index (χ1v) is 8.38. The zero-order valence-corrected chi connectivity index (χ0v) is 14.9. The number of para-hydroxylation sites is 2. The molecule has 0 aliphatic heterocycles. The third-order valence-corrected chi connectivity index (χ3v) is 4.14. The molecular weight excluding hydrogens is 316 g/mol. The predicted molar refractivity (Wildman–Crippen MR) is 98.3 cm³/mol. The van der Waals surface area contributed by atoms with Crippen LogP contribution in [0.3, 0.4) is 0 Å². The van der Waals surface area contributed by atoms with E-state index in [4.69, 9.17) is 0 Å². The second-order valence-electron chi connectivity index (χ2n) is 5.81. The van der Waals surface area contributed by atoms with Gasteiger partial charge in [0.15, 0.2) is 5.96 Å². The van der Waals surface area contributed by atoms with Crippen LogP contribution in [0.4, 0.5) is 0 Å². The average Bonchev–Trinajstić information content (AvgIpc) is 3.17. The van der Waals surface area contributed by atoms with E-state index < -0.39 is 0 Å². The first kappa shape index (κ1) is 16.9. The summed E-state index contributed by atoms with van der Waals surface area (Å²) in [7, 11) is 3.64. The fourth-order valence-corrected chi connectivity index (χ4v) is 2.79. The monoisotopic (exact) mass is 340 g/mol. The lowest BCUT2D eigenvalue weighted by molar-refractivity contribution is 0.620. The largest absolute Gasteiger partial charge is 0.356 e. The molecule has 0 saturated carbocycles. The van der Waals surface area contributed by atoms with E-state index in [2.05, 4.69) is 60.4 Å². The van der Waals surface area contributed by atoms with Crippen LogP contribution in [-0.2, 0) is 20.1 Å². The number of aliphatic imine (C=N–C) groups is 1. The standard InChI is InChI=1S/C17H24N8/c1-13-23-14-7-4-5-8-15(14)25(13)10-6-9-19-17(18-2)20-11-16-21-12-22-24(16)3/h4-5,7-8,12H,6,9-11H2,1-3H3,(H2,18,19,20). The van der Waals surface area contributed by atoms with Crippen LogP contribution in [0.25, 0.3) is 11.0 Å². The van der Waals surface area contributed by atoms with E-state index in [1.54, 1.807) is 18.1 Å². The van der Waals surface area contributed by atoms with Gasteiger partial charge in [0.2, 0.25) is 0 Å². The van der Waals surface area contributed by atoms with Gasteiger partial charge >= 0.3 is 0 Å². The molecule has 1 aromatic carbocycles. The molecule has 8 heteroatoms. The molecule has 0 spiro atoms. The number of benzene rings is 1. The Kier molecular flexibility index (Phi) is 5.27. The van der Waals surface area contributed by atoms with Gasteiger partial charge in [-0.05, 0) is 25.5 Å². The van der Waals surface area contributed by atoms with Crippen LogP contribution in [0.1, 0.15) is 18.1 Å². The predicted octanol–water partition coefficient (Wildman–Crippen LogP) is 1.23. The molecule has 0 amide bonds. The Hall–Kier alpha value is -2.90. The lowest BCUT2D eigenvalue weighted by Gasteiger charge is -2.12. The molecule has 2 aromatic heterocycles. The highest BCUT2D eigenvalue weighted by atomic mass is 15.3. The quantitative estimate of drug-likeness (QED) is 0.400. The molecule has 3 aromatic rings. The van der Waals surface area contributed by atoms with Gasteiger partial charge in [-0.2, -0.15) is 5.10 Å². The number of aryl methyl sites for hydroxylation is 3. The summed E-state index contributed by atoms with van der Waals surface area (Å²) in [5.74, 6) is 2.67. The molecule has 2 heterocycles. The number of imidazole rings is 1. The van der Waals surface area contributed by atoms with Gasteiger partial charge in [0, 0.05) is 27.2 Å². The third kappa shape index (κ3) is 3.96. The fraction of sp³-hybridized carbons (Fsp3) is 0.412. The highest BCUT2D eigenvalue weighted by Gasteiger charge is 2.06. The molecular formula is C17H24N8. The Bertz CT molecular complexity index is 861. The molecule has 0 bridgehead atoms. The minimum atomic E-state index is 0.585. The van der Waals surface area contributed by atoms with Crippen molar-refractivity contribution in [3.8, 4) is 0 Å². The van der Waals surface area contributed by atoms with Crippen LogP contribution >= 0.6 is 0 Å². The lowest BCUT2D eigenvalue weighted by Crippen LogP contribution is -2.38. The van der Waals surface area contributed by atoms with Crippen LogP contribution < -0.4 is 10.6 Å². The molecule has 8 nitrogen and oxygen atoms in total. The summed E-state index contributed by atoms with van der Waals surface area (Å²) >= 11 is 0. The number of guanidine groups is 1. The molecule has 25 heavy (non-hydrogen) atoms. The minimum Gasteiger partial charge on any atom is -0.356 e. The molecule has 0 atom stereocenters. The summed E-state index contributed by atoms with van der Waals surface area (Å²) in [6.45, 7) is 4.38. The number of nitrogens with one attached hydrogen (secondary N) is 2. The van der Waals surface area contributed by atoms with E-state index in [0.29, 0.717) is 6.54 Å². The smallest absolute Gasteiger partial charge is 0.191 e. The van der Waals surface area contributed by atoms with Crippen LogP contribution in [0.5, 0.6) is 0 Å². The van der Waals surface area contributed by atoms with Crippen LogP contribution in [-0.4, -0.2) is 43.9 Å². The van der Waals surface area contributed by atoms with Crippen LogP contribution in [0.15, 0.2) is 35.6 Å². The zero-order chi connectivity index (χ0) is 17.6. The molecule has 132 valence electrons. The topological polar surface area (TPSA) is 84.9 Å².